The second-order valence-corrected chi connectivity index (χ2v) is 7.69. The molecule has 0 saturated carbocycles. The summed E-state index contributed by atoms with van der Waals surface area (Å²) in [5.74, 6) is 2.39. The summed E-state index contributed by atoms with van der Waals surface area (Å²) in [4.78, 5) is 15.1. The lowest BCUT2D eigenvalue weighted by Crippen LogP contribution is -2.40. The zero-order chi connectivity index (χ0) is 17.6. The molecule has 26 heavy (non-hydrogen) atoms. The number of para-hydroxylation sites is 1. The second-order valence-electron chi connectivity index (χ2n) is 7.69. The average molecular weight is 381 g/mol. The van der Waals surface area contributed by atoms with E-state index in [1.54, 1.807) is 7.11 Å². The molecule has 0 aromatic heterocycles. The number of carbonyl (C=O) groups is 1. The minimum Gasteiger partial charge on any atom is -0.496 e. The maximum Gasteiger partial charge on any atom is 0.223 e. The smallest absolute Gasteiger partial charge is 0.223 e. The molecule has 1 amide bonds. The first-order valence-electron chi connectivity index (χ1n) is 9.81. The minimum absolute atomic E-state index is 0. The molecular formula is C21H33ClN2O2. The first-order valence-corrected chi connectivity index (χ1v) is 9.81. The lowest BCUT2D eigenvalue weighted by molar-refractivity contribution is -0.133. The Hall–Kier alpha value is -1.26. The number of ether oxygens (including phenoxy) is 1. The fourth-order valence-corrected chi connectivity index (χ4v) is 4.43. The molecule has 2 heterocycles. The summed E-state index contributed by atoms with van der Waals surface area (Å²) in [6.07, 6.45) is 6.30. The van der Waals surface area contributed by atoms with Gasteiger partial charge in [0.2, 0.25) is 5.91 Å². The Morgan fingerprint density at radius 3 is 2.85 bits per heavy atom. The number of halogens is 1. The Kier molecular flexibility index (Phi) is 8.23. The Balaban J connectivity index is 0.00000243. The monoisotopic (exact) mass is 380 g/mol. The standard InChI is InChI=1S/C21H32N2O2.ClH/c1-16(18-8-5-11-22-15-18)13-21(24)23-12-6-9-19(23)14-17-7-3-4-10-20(17)25-2;/h3-4,7,10,16,18-19,22H,5-6,8-9,11-15H2,1-2H3;1H. The van der Waals surface area contributed by atoms with Gasteiger partial charge in [0, 0.05) is 19.0 Å². The highest BCUT2D eigenvalue weighted by Gasteiger charge is 2.31. The normalized spacial score (nSPS) is 24.0. The van der Waals surface area contributed by atoms with Gasteiger partial charge in [-0.2, -0.15) is 0 Å². The number of likely N-dealkylation sites (tertiary alicyclic amines) is 1. The van der Waals surface area contributed by atoms with Gasteiger partial charge >= 0.3 is 0 Å². The van der Waals surface area contributed by atoms with E-state index in [0.29, 0.717) is 30.2 Å². The summed E-state index contributed by atoms with van der Waals surface area (Å²) in [5.41, 5.74) is 1.21. The van der Waals surface area contributed by atoms with Gasteiger partial charge in [0.15, 0.2) is 0 Å². The quantitative estimate of drug-likeness (QED) is 0.818. The van der Waals surface area contributed by atoms with Crippen molar-refractivity contribution in [1.82, 2.24) is 10.2 Å². The summed E-state index contributed by atoms with van der Waals surface area (Å²) in [6.45, 7) is 5.36. The van der Waals surface area contributed by atoms with Crippen molar-refractivity contribution in [2.75, 3.05) is 26.7 Å². The van der Waals surface area contributed by atoms with Crippen molar-refractivity contribution >= 4 is 18.3 Å². The van der Waals surface area contributed by atoms with E-state index in [2.05, 4.69) is 29.3 Å². The van der Waals surface area contributed by atoms with Crippen LogP contribution in [-0.4, -0.2) is 43.6 Å². The molecular weight excluding hydrogens is 348 g/mol. The molecule has 1 N–H and O–H groups in total. The Labute approximate surface area is 164 Å². The third-order valence-corrected chi connectivity index (χ3v) is 5.98. The third-order valence-electron chi connectivity index (χ3n) is 5.98. The molecule has 0 bridgehead atoms. The number of rotatable bonds is 6. The fourth-order valence-electron chi connectivity index (χ4n) is 4.43. The van der Waals surface area contributed by atoms with Crippen LogP contribution >= 0.6 is 12.4 Å². The topological polar surface area (TPSA) is 41.6 Å². The molecule has 2 aliphatic rings. The van der Waals surface area contributed by atoms with Crippen molar-refractivity contribution in [3.63, 3.8) is 0 Å². The SMILES string of the molecule is COc1ccccc1CC1CCCN1C(=O)CC(C)C1CCCNC1.Cl. The van der Waals surface area contributed by atoms with Gasteiger partial charge in [0.05, 0.1) is 7.11 Å². The van der Waals surface area contributed by atoms with E-state index < -0.39 is 0 Å². The molecule has 0 aliphatic carbocycles. The Morgan fingerprint density at radius 1 is 1.31 bits per heavy atom. The molecule has 2 saturated heterocycles. The maximum atomic E-state index is 12.9. The largest absolute Gasteiger partial charge is 0.496 e. The van der Waals surface area contributed by atoms with Crippen molar-refractivity contribution in [3.05, 3.63) is 29.8 Å². The van der Waals surface area contributed by atoms with E-state index in [0.717, 1.165) is 44.6 Å². The molecule has 5 heteroatoms. The molecule has 0 radical (unpaired) electrons. The van der Waals surface area contributed by atoms with E-state index in [1.807, 2.05) is 12.1 Å². The Bertz CT molecular complexity index is 575. The number of nitrogens with zero attached hydrogens (tertiary/aromatic N) is 1. The van der Waals surface area contributed by atoms with Crippen LogP contribution < -0.4 is 10.1 Å². The number of hydrogen-bond donors (Lipinski definition) is 1. The Morgan fingerprint density at radius 2 is 2.12 bits per heavy atom. The lowest BCUT2D eigenvalue weighted by Gasteiger charge is -2.31. The van der Waals surface area contributed by atoms with Gasteiger partial charge in [-0.3, -0.25) is 4.79 Å². The van der Waals surface area contributed by atoms with Crippen molar-refractivity contribution < 1.29 is 9.53 Å². The van der Waals surface area contributed by atoms with Gasteiger partial charge in [0.25, 0.3) is 0 Å². The highest BCUT2D eigenvalue weighted by molar-refractivity contribution is 5.85. The number of methoxy groups -OCH3 is 1. The van der Waals surface area contributed by atoms with Gasteiger partial charge < -0.3 is 15.0 Å². The molecule has 146 valence electrons. The van der Waals surface area contributed by atoms with Gasteiger partial charge in [-0.05, 0) is 68.7 Å². The summed E-state index contributed by atoms with van der Waals surface area (Å²) < 4.78 is 5.48. The van der Waals surface area contributed by atoms with Gasteiger partial charge in [0.1, 0.15) is 5.75 Å². The summed E-state index contributed by atoms with van der Waals surface area (Å²) >= 11 is 0. The van der Waals surface area contributed by atoms with Crippen LogP contribution in [0.25, 0.3) is 0 Å². The zero-order valence-electron chi connectivity index (χ0n) is 16.1. The highest BCUT2D eigenvalue weighted by atomic mass is 35.5. The number of hydrogen-bond acceptors (Lipinski definition) is 3. The van der Waals surface area contributed by atoms with Crippen LogP contribution in [0.5, 0.6) is 5.75 Å². The molecule has 1 aromatic rings. The third kappa shape index (κ3) is 5.14. The summed E-state index contributed by atoms with van der Waals surface area (Å²) in [7, 11) is 1.72. The van der Waals surface area contributed by atoms with Crippen LogP contribution in [0.1, 0.15) is 44.6 Å². The number of nitrogens with one attached hydrogen (secondary N) is 1. The van der Waals surface area contributed by atoms with Crippen molar-refractivity contribution in [3.8, 4) is 5.75 Å². The van der Waals surface area contributed by atoms with Gasteiger partial charge in [-0.15, -0.1) is 12.4 Å². The predicted octanol–water partition coefficient (Wildman–Crippen LogP) is 3.68. The molecule has 0 spiro atoms. The second kappa shape index (κ2) is 10.2. The molecule has 3 atom stereocenters. The predicted molar refractivity (Wildman–Crippen MR) is 108 cm³/mol. The molecule has 2 fully saturated rings. The van der Waals surface area contributed by atoms with E-state index in [4.69, 9.17) is 4.74 Å². The fraction of sp³-hybridized carbons (Fsp3) is 0.667. The van der Waals surface area contributed by atoms with Crippen LogP contribution in [0.15, 0.2) is 24.3 Å². The van der Waals surface area contributed by atoms with Crippen LogP contribution in [-0.2, 0) is 11.2 Å². The van der Waals surface area contributed by atoms with Crippen molar-refractivity contribution in [1.29, 1.82) is 0 Å². The number of benzene rings is 1. The van der Waals surface area contributed by atoms with Crippen molar-refractivity contribution in [2.45, 2.75) is 51.5 Å². The van der Waals surface area contributed by atoms with E-state index in [1.165, 1.54) is 18.4 Å². The first-order chi connectivity index (χ1) is 12.2. The first kappa shape index (κ1) is 21.0. The average Bonchev–Trinajstić information content (AvgIpc) is 3.11. The number of carbonyl (C=O) groups excluding carboxylic acids is 1. The van der Waals surface area contributed by atoms with Crippen LogP contribution in [0.2, 0.25) is 0 Å². The molecule has 3 unspecified atom stereocenters. The van der Waals surface area contributed by atoms with Crippen molar-refractivity contribution in [2.24, 2.45) is 11.8 Å². The van der Waals surface area contributed by atoms with Crippen LogP contribution in [0.3, 0.4) is 0 Å². The van der Waals surface area contributed by atoms with Crippen LogP contribution in [0.4, 0.5) is 0 Å². The molecule has 4 nitrogen and oxygen atoms in total. The van der Waals surface area contributed by atoms with E-state index in [9.17, 15) is 4.79 Å². The molecule has 1 aromatic carbocycles. The van der Waals surface area contributed by atoms with E-state index in [-0.39, 0.29) is 12.4 Å². The zero-order valence-corrected chi connectivity index (χ0v) is 16.9. The van der Waals surface area contributed by atoms with Gasteiger partial charge in [-0.1, -0.05) is 25.1 Å². The highest BCUT2D eigenvalue weighted by Crippen LogP contribution is 2.29. The molecule has 3 rings (SSSR count). The number of piperidine rings is 1. The van der Waals surface area contributed by atoms with Gasteiger partial charge in [-0.25, -0.2) is 0 Å². The minimum atomic E-state index is 0. The lowest BCUT2D eigenvalue weighted by atomic mass is 9.85. The van der Waals surface area contributed by atoms with Crippen LogP contribution in [0, 0.1) is 11.8 Å². The van der Waals surface area contributed by atoms with E-state index >= 15 is 0 Å². The maximum absolute atomic E-state index is 12.9. The number of amides is 1. The molecule has 2 aliphatic heterocycles. The summed E-state index contributed by atoms with van der Waals surface area (Å²) in [6, 6.07) is 8.50. The summed E-state index contributed by atoms with van der Waals surface area (Å²) in [5, 5.41) is 3.47.